The Bertz CT molecular complexity index is 970. The summed E-state index contributed by atoms with van der Waals surface area (Å²) in [7, 11) is 0. The molecule has 1 aliphatic carbocycles. The van der Waals surface area contributed by atoms with Crippen LogP contribution < -0.4 is 10.6 Å². The zero-order valence-electron chi connectivity index (χ0n) is 22.4. The van der Waals surface area contributed by atoms with E-state index in [1.807, 2.05) is 40.7 Å². The number of nitrogens with one attached hydrogen (secondary N) is 2. The molecule has 35 heavy (non-hydrogen) atoms. The molecular weight excluding hydrogens is 478 g/mol. The summed E-state index contributed by atoms with van der Waals surface area (Å²) in [5.41, 5.74) is 2.10. The van der Waals surface area contributed by atoms with Gasteiger partial charge in [-0.2, -0.15) is 0 Å². The van der Waals surface area contributed by atoms with Gasteiger partial charge in [0.15, 0.2) is 0 Å². The number of carbonyl (C=O) groups excluding carboxylic acids is 1. The highest BCUT2D eigenvalue weighted by Crippen LogP contribution is 2.33. The molecule has 0 aliphatic heterocycles. The Labute approximate surface area is 220 Å². The Morgan fingerprint density at radius 3 is 2.43 bits per heavy atom. The molecule has 1 aliphatic rings. The number of allylic oxidation sites excluding steroid dienone is 1. The minimum atomic E-state index is -0.116. The zero-order chi connectivity index (χ0) is 26.4. The maximum absolute atomic E-state index is 12.2. The second-order valence-corrected chi connectivity index (χ2v) is 9.85. The van der Waals surface area contributed by atoms with Gasteiger partial charge in [-0.3, -0.25) is 4.79 Å². The number of thiazole rings is 1. The fraction of sp³-hybridized carbons (Fsp3) is 0.556. The lowest BCUT2D eigenvalue weighted by molar-refractivity contribution is -0.118. The van der Waals surface area contributed by atoms with Gasteiger partial charge >= 0.3 is 0 Å². The minimum absolute atomic E-state index is 0.105. The molecule has 6 nitrogen and oxygen atoms in total. The van der Waals surface area contributed by atoms with E-state index < -0.39 is 0 Å². The van der Waals surface area contributed by atoms with E-state index in [1.54, 1.807) is 23.6 Å². The first-order valence-electron chi connectivity index (χ1n) is 12.6. The summed E-state index contributed by atoms with van der Waals surface area (Å²) in [6.07, 6.45) is 11.6. The van der Waals surface area contributed by atoms with Crippen LogP contribution in [0.4, 0.5) is 5.95 Å². The average molecular weight is 520 g/mol. The third-order valence-electron chi connectivity index (χ3n) is 5.36. The van der Waals surface area contributed by atoms with Crippen molar-refractivity contribution in [2.45, 2.75) is 99.1 Å². The number of carbonyl (C=O) groups is 1. The largest absolute Gasteiger partial charge is 0.351 e. The lowest BCUT2D eigenvalue weighted by Crippen LogP contribution is -2.42. The molecule has 3 rings (SSSR count). The van der Waals surface area contributed by atoms with Gasteiger partial charge in [-0.05, 0) is 46.5 Å². The quantitative estimate of drug-likeness (QED) is 0.289. The van der Waals surface area contributed by atoms with E-state index in [4.69, 9.17) is 11.6 Å². The number of unbranched alkanes of at least 4 members (excludes halogenated alkanes) is 1. The standard InChI is InChI=1S/C21H26ClN5OS.C4H10.C2H6/c1-5-7-12(2)20(28)25-15-8-6-9-16(10-15)26-21-23-11-17(22)18(27-21)19-13(3)24-14(4)29-19;1-3-4-2;1-2/h5,7,11,15-16H,2,6,8-10H2,1,3-4H3,(H,25,28)(H,23,26,27);3-4H2,1-2H3;1-2H3/b7-5-;;. The number of hydrogen-bond donors (Lipinski definition) is 2. The molecule has 0 spiro atoms. The normalized spacial score (nSPS) is 17.0. The van der Waals surface area contributed by atoms with Crippen molar-refractivity contribution in [1.29, 1.82) is 0 Å². The van der Waals surface area contributed by atoms with Gasteiger partial charge in [-0.1, -0.05) is 70.9 Å². The van der Waals surface area contributed by atoms with Gasteiger partial charge in [0.05, 0.1) is 26.8 Å². The molecule has 2 heterocycles. The summed E-state index contributed by atoms with van der Waals surface area (Å²) in [6, 6.07) is 0.288. The Morgan fingerprint density at radius 2 is 1.86 bits per heavy atom. The Morgan fingerprint density at radius 1 is 1.20 bits per heavy atom. The molecule has 0 bridgehead atoms. The van der Waals surface area contributed by atoms with Crippen molar-refractivity contribution >= 4 is 34.8 Å². The molecule has 194 valence electrons. The number of aromatic nitrogens is 3. The van der Waals surface area contributed by atoms with Crippen molar-refractivity contribution in [2.75, 3.05) is 5.32 Å². The van der Waals surface area contributed by atoms with E-state index in [9.17, 15) is 4.79 Å². The predicted molar refractivity (Wildman–Crippen MR) is 151 cm³/mol. The fourth-order valence-corrected chi connectivity index (χ4v) is 4.70. The number of aryl methyl sites for hydroxylation is 2. The summed E-state index contributed by atoms with van der Waals surface area (Å²) in [6.45, 7) is 18.0. The van der Waals surface area contributed by atoms with Crippen LogP contribution in [-0.2, 0) is 4.79 Å². The smallest absolute Gasteiger partial charge is 0.250 e. The molecule has 1 saturated carbocycles. The van der Waals surface area contributed by atoms with Crippen LogP contribution in [0.25, 0.3) is 10.6 Å². The molecule has 2 aromatic rings. The summed E-state index contributed by atoms with van der Waals surface area (Å²) in [4.78, 5) is 26.7. The van der Waals surface area contributed by atoms with Gasteiger partial charge in [0.2, 0.25) is 5.95 Å². The molecule has 0 radical (unpaired) electrons. The highest BCUT2D eigenvalue weighted by molar-refractivity contribution is 7.15. The van der Waals surface area contributed by atoms with Crippen molar-refractivity contribution in [1.82, 2.24) is 20.3 Å². The topological polar surface area (TPSA) is 79.8 Å². The van der Waals surface area contributed by atoms with E-state index in [0.29, 0.717) is 22.2 Å². The first-order valence-corrected chi connectivity index (χ1v) is 13.8. The van der Waals surface area contributed by atoms with Crippen molar-refractivity contribution in [3.63, 3.8) is 0 Å². The molecule has 0 aromatic carbocycles. The maximum atomic E-state index is 12.2. The number of hydrogen-bond acceptors (Lipinski definition) is 6. The van der Waals surface area contributed by atoms with Crippen molar-refractivity contribution in [2.24, 2.45) is 0 Å². The third-order valence-corrected chi connectivity index (χ3v) is 6.72. The summed E-state index contributed by atoms with van der Waals surface area (Å²) < 4.78 is 0. The van der Waals surface area contributed by atoms with Gasteiger partial charge in [0.1, 0.15) is 5.69 Å². The van der Waals surface area contributed by atoms with Crippen LogP contribution >= 0.6 is 22.9 Å². The van der Waals surface area contributed by atoms with Gasteiger partial charge in [0.25, 0.3) is 5.91 Å². The number of rotatable bonds is 7. The Balaban J connectivity index is 0.000000926. The zero-order valence-corrected chi connectivity index (χ0v) is 23.9. The van der Waals surface area contributed by atoms with Crippen LogP contribution in [0.2, 0.25) is 5.02 Å². The van der Waals surface area contributed by atoms with Gasteiger partial charge < -0.3 is 10.6 Å². The molecule has 1 fully saturated rings. The predicted octanol–water partition coefficient (Wildman–Crippen LogP) is 7.67. The van der Waals surface area contributed by atoms with Crippen LogP contribution in [-0.4, -0.2) is 32.9 Å². The summed E-state index contributed by atoms with van der Waals surface area (Å²) >= 11 is 7.93. The minimum Gasteiger partial charge on any atom is -0.351 e. The summed E-state index contributed by atoms with van der Waals surface area (Å²) in [5.74, 6) is 0.431. The number of anilines is 1. The monoisotopic (exact) mass is 519 g/mol. The maximum Gasteiger partial charge on any atom is 0.250 e. The highest BCUT2D eigenvalue weighted by atomic mass is 35.5. The van der Waals surface area contributed by atoms with E-state index in [1.165, 1.54) is 12.8 Å². The molecule has 2 aromatic heterocycles. The van der Waals surface area contributed by atoms with E-state index in [0.717, 1.165) is 41.3 Å². The SMILES string of the molecule is C=C(/C=C\C)C(=O)NC1CCCC(Nc2ncc(Cl)c(-c3sc(C)nc3C)n2)C1.CC.CCCC. The van der Waals surface area contributed by atoms with Crippen LogP contribution in [0.5, 0.6) is 0 Å². The third kappa shape index (κ3) is 10.1. The van der Waals surface area contributed by atoms with Crippen LogP contribution in [0.1, 0.15) is 83.8 Å². The second kappa shape index (κ2) is 16.4. The van der Waals surface area contributed by atoms with Gasteiger partial charge in [-0.25, -0.2) is 15.0 Å². The van der Waals surface area contributed by atoms with Crippen molar-refractivity contribution < 1.29 is 4.79 Å². The fourth-order valence-electron chi connectivity index (χ4n) is 3.54. The van der Waals surface area contributed by atoms with Gasteiger partial charge in [0, 0.05) is 17.7 Å². The molecule has 2 unspecified atom stereocenters. The first kappa shape index (κ1) is 30.8. The lowest BCUT2D eigenvalue weighted by atomic mass is 9.91. The molecule has 0 saturated heterocycles. The van der Waals surface area contributed by atoms with Crippen molar-refractivity contribution in [3.05, 3.63) is 46.2 Å². The Kier molecular flexibility index (Phi) is 14.4. The summed E-state index contributed by atoms with van der Waals surface area (Å²) in [5, 5.41) is 7.99. The molecule has 8 heteroatoms. The first-order chi connectivity index (χ1) is 16.8. The van der Waals surface area contributed by atoms with Crippen LogP contribution in [0.15, 0.2) is 30.5 Å². The number of halogens is 1. The highest BCUT2D eigenvalue weighted by Gasteiger charge is 2.24. The molecular formula is C27H42ClN5OS. The molecule has 1 amide bonds. The van der Waals surface area contributed by atoms with E-state index >= 15 is 0 Å². The second-order valence-electron chi connectivity index (χ2n) is 8.24. The molecule has 2 N–H and O–H groups in total. The van der Waals surface area contributed by atoms with E-state index in [2.05, 4.69) is 46.0 Å². The van der Waals surface area contributed by atoms with Crippen molar-refractivity contribution in [3.8, 4) is 10.6 Å². The molecule has 2 atom stereocenters. The lowest BCUT2D eigenvalue weighted by Gasteiger charge is -2.30. The average Bonchev–Trinajstić information content (AvgIpc) is 3.19. The Hall–Kier alpha value is -2.25. The van der Waals surface area contributed by atoms with Crippen LogP contribution in [0, 0.1) is 13.8 Å². The number of nitrogens with zero attached hydrogens (tertiary/aromatic N) is 3. The van der Waals surface area contributed by atoms with Gasteiger partial charge in [-0.15, -0.1) is 11.3 Å². The van der Waals surface area contributed by atoms with Crippen LogP contribution in [0.3, 0.4) is 0 Å². The van der Waals surface area contributed by atoms with E-state index in [-0.39, 0.29) is 18.0 Å². The number of amides is 1.